The summed E-state index contributed by atoms with van der Waals surface area (Å²) in [4.78, 5) is 4.01. The minimum atomic E-state index is 0.547. The first-order valence-corrected chi connectivity index (χ1v) is 4.63. The molecule has 1 N–H and O–H groups in total. The van der Waals surface area contributed by atoms with Gasteiger partial charge in [-0.1, -0.05) is 18.5 Å². The van der Waals surface area contributed by atoms with Crippen LogP contribution in [0.15, 0.2) is 23.5 Å². The highest BCUT2D eigenvalue weighted by Crippen LogP contribution is 2.13. The van der Waals surface area contributed by atoms with E-state index in [0.29, 0.717) is 18.1 Å². The highest BCUT2D eigenvalue weighted by atomic mass is 16.5. The van der Waals surface area contributed by atoms with Gasteiger partial charge in [0.25, 0.3) is 0 Å². The lowest BCUT2D eigenvalue weighted by Crippen LogP contribution is -2.00. The molecule has 4 heteroatoms. The number of aromatic nitrogens is 1. The number of hydrogen-bond acceptors (Lipinski definition) is 4. The second-order valence-electron chi connectivity index (χ2n) is 2.83. The summed E-state index contributed by atoms with van der Waals surface area (Å²) < 4.78 is 5.47. The molecule has 0 saturated heterocycles. The Balaban J connectivity index is 2.64. The van der Waals surface area contributed by atoms with Crippen LogP contribution < -0.4 is 4.74 Å². The second kappa shape index (κ2) is 5.96. The number of unbranched alkanes of at least 4 members (excludes halogenated alkanes) is 1. The Labute approximate surface area is 83.2 Å². The van der Waals surface area contributed by atoms with E-state index in [4.69, 9.17) is 9.94 Å². The lowest BCUT2D eigenvalue weighted by Gasteiger charge is -2.06. The molecule has 0 radical (unpaired) electrons. The largest absolute Gasteiger partial charge is 0.491 e. The summed E-state index contributed by atoms with van der Waals surface area (Å²) in [6, 6.07) is 3.59. The van der Waals surface area contributed by atoms with E-state index >= 15 is 0 Å². The number of nitrogens with zero attached hydrogens (tertiary/aromatic N) is 2. The van der Waals surface area contributed by atoms with Crippen molar-refractivity contribution in [1.29, 1.82) is 0 Å². The fourth-order valence-electron chi connectivity index (χ4n) is 1.00. The predicted octanol–water partition coefficient (Wildman–Crippen LogP) is 2.07. The Hall–Kier alpha value is -1.58. The van der Waals surface area contributed by atoms with Crippen LogP contribution in [0.2, 0.25) is 0 Å². The van der Waals surface area contributed by atoms with Crippen LogP contribution in [0.25, 0.3) is 0 Å². The molecule has 0 aliphatic heterocycles. The van der Waals surface area contributed by atoms with Crippen LogP contribution in [0.5, 0.6) is 5.75 Å². The van der Waals surface area contributed by atoms with Gasteiger partial charge in [-0.2, -0.15) is 0 Å². The van der Waals surface area contributed by atoms with Crippen molar-refractivity contribution in [3.8, 4) is 5.75 Å². The van der Waals surface area contributed by atoms with Crippen molar-refractivity contribution in [2.75, 3.05) is 6.61 Å². The van der Waals surface area contributed by atoms with Gasteiger partial charge in [-0.15, -0.1) is 0 Å². The SMILES string of the molecule is CCCCOc1cccnc1C=NO. The van der Waals surface area contributed by atoms with Crippen molar-refractivity contribution in [3.63, 3.8) is 0 Å². The Morgan fingerprint density at radius 1 is 1.64 bits per heavy atom. The van der Waals surface area contributed by atoms with Crippen molar-refractivity contribution < 1.29 is 9.94 Å². The predicted molar refractivity (Wildman–Crippen MR) is 54.0 cm³/mol. The molecule has 0 bridgehead atoms. The first-order chi connectivity index (χ1) is 6.88. The van der Waals surface area contributed by atoms with Gasteiger partial charge in [0.15, 0.2) is 0 Å². The average Bonchev–Trinajstić information content (AvgIpc) is 2.21. The van der Waals surface area contributed by atoms with Crippen molar-refractivity contribution in [2.24, 2.45) is 5.16 Å². The highest BCUT2D eigenvalue weighted by molar-refractivity contribution is 5.80. The number of pyridine rings is 1. The molecule has 1 heterocycles. The Kier molecular flexibility index (Phi) is 4.47. The average molecular weight is 194 g/mol. The minimum absolute atomic E-state index is 0.547. The van der Waals surface area contributed by atoms with Crippen molar-refractivity contribution in [2.45, 2.75) is 19.8 Å². The molecule has 0 aromatic carbocycles. The topological polar surface area (TPSA) is 54.7 Å². The van der Waals surface area contributed by atoms with Gasteiger partial charge >= 0.3 is 0 Å². The van der Waals surface area contributed by atoms with E-state index < -0.39 is 0 Å². The van der Waals surface area contributed by atoms with E-state index in [1.807, 2.05) is 0 Å². The van der Waals surface area contributed by atoms with E-state index in [-0.39, 0.29) is 0 Å². The van der Waals surface area contributed by atoms with Crippen LogP contribution >= 0.6 is 0 Å². The summed E-state index contributed by atoms with van der Waals surface area (Å²) in [7, 11) is 0. The molecular weight excluding hydrogens is 180 g/mol. The summed E-state index contributed by atoms with van der Waals surface area (Å²) >= 11 is 0. The molecule has 1 aromatic rings. The van der Waals surface area contributed by atoms with Crippen LogP contribution in [0.1, 0.15) is 25.5 Å². The molecular formula is C10H14N2O2. The molecule has 0 aliphatic rings. The van der Waals surface area contributed by atoms with Crippen LogP contribution in [0, 0.1) is 0 Å². The third kappa shape index (κ3) is 3.05. The summed E-state index contributed by atoms with van der Waals surface area (Å²) in [6.07, 6.45) is 4.99. The molecule has 14 heavy (non-hydrogen) atoms. The maximum atomic E-state index is 8.39. The zero-order chi connectivity index (χ0) is 10.2. The number of hydrogen-bond donors (Lipinski definition) is 1. The van der Waals surface area contributed by atoms with Gasteiger partial charge in [-0.3, -0.25) is 4.98 Å². The molecule has 0 saturated carbocycles. The molecule has 76 valence electrons. The third-order valence-corrected chi connectivity index (χ3v) is 1.74. The van der Waals surface area contributed by atoms with Crippen molar-refractivity contribution in [3.05, 3.63) is 24.0 Å². The standard InChI is InChI=1S/C10H14N2O2/c1-2-3-7-14-10-5-4-6-11-9(10)8-12-13/h4-6,8,13H,2-3,7H2,1H3. The number of ether oxygens (including phenoxy) is 1. The fourth-order valence-corrected chi connectivity index (χ4v) is 1.00. The number of oxime groups is 1. The lowest BCUT2D eigenvalue weighted by atomic mass is 10.3. The smallest absolute Gasteiger partial charge is 0.146 e. The van der Waals surface area contributed by atoms with Gasteiger partial charge in [-0.25, -0.2) is 0 Å². The van der Waals surface area contributed by atoms with E-state index in [1.54, 1.807) is 18.3 Å². The molecule has 1 aromatic heterocycles. The first-order valence-electron chi connectivity index (χ1n) is 4.63. The Bertz CT molecular complexity index is 300. The van der Waals surface area contributed by atoms with Gasteiger partial charge in [0, 0.05) is 6.20 Å². The number of rotatable bonds is 5. The fraction of sp³-hybridized carbons (Fsp3) is 0.400. The molecule has 0 atom stereocenters. The van der Waals surface area contributed by atoms with Gasteiger partial charge in [0.2, 0.25) is 0 Å². The maximum Gasteiger partial charge on any atom is 0.146 e. The van der Waals surface area contributed by atoms with E-state index in [2.05, 4.69) is 17.1 Å². The molecule has 0 aliphatic carbocycles. The maximum absolute atomic E-state index is 8.39. The van der Waals surface area contributed by atoms with Crippen LogP contribution in [-0.2, 0) is 0 Å². The van der Waals surface area contributed by atoms with Crippen LogP contribution in [0.4, 0.5) is 0 Å². The lowest BCUT2D eigenvalue weighted by molar-refractivity contribution is 0.306. The Morgan fingerprint density at radius 3 is 3.21 bits per heavy atom. The summed E-state index contributed by atoms with van der Waals surface area (Å²) in [5.41, 5.74) is 0.547. The van der Waals surface area contributed by atoms with Crippen LogP contribution in [0.3, 0.4) is 0 Å². The normalized spacial score (nSPS) is 10.6. The summed E-state index contributed by atoms with van der Waals surface area (Å²) in [5.74, 6) is 0.652. The summed E-state index contributed by atoms with van der Waals surface area (Å²) in [5, 5.41) is 11.3. The molecule has 0 fully saturated rings. The molecule has 0 unspecified atom stereocenters. The van der Waals surface area contributed by atoms with Gasteiger partial charge in [0.05, 0.1) is 12.8 Å². The van der Waals surface area contributed by atoms with Gasteiger partial charge < -0.3 is 9.94 Å². The van der Waals surface area contributed by atoms with Crippen LogP contribution in [-0.4, -0.2) is 23.0 Å². The molecule has 0 amide bonds. The zero-order valence-electron chi connectivity index (χ0n) is 8.18. The molecule has 4 nitrogen and oxygen atoms in total. The second-order valence-corrected chi connectivity index (χ2v) is 2.83. The van der Waals surface area contributed by atoms with E-state index in [0.717, 1.165) is 12.8 Å². The van der Waals surface area contributed by atoms with Gasteiger partial charge in [0.1, 0.15) is 11.4 Å². The van der Waals surface area contributed by atoms with Crippen molar-refractivity contribution in [1.82, 2.24) is 4.98 Å². The van der Waals surface area contributed by atoms with E-state index in [1.165, 1.54) is 6.21 Å². The minimum Gasteiger partial charge on any atom is -0.491 e. The third-order valence-electron chi connectivity index (χ3n) is 1.74. The molecule has 0 spiro atoms. The van der Waals surface area contributed by atoms with E-state index in [9.17, 15) is 0 Å². The summed E-state index contributed by atoms with van der Waals surface area (Å²) in [6.45, 7) is 2.76. The first kappa shape index (κ1) is 10.5. The quantitative estimate of drug-likeness (QED) is 0.338. The van der Waals surface area contributed by atoms with Gasteiger partial charge in [-0.05, 0) is 18.6 Å². The van der Waals surface area contributed by atoms with Crippen molar-refractivity contribution >= 4 is 6.21 Å². The monoisotopic (exact) mass is 194 g/mol. The Morgan fingerprint density at radius 2 is 2.50 bits per heavy atom. The highest BCUT2D eigenvalue weighted by Gasteiger charge is 2.00. The zero-order valence-corrected chi connectivity index (χ0v) is 8.18. The molecule has 1 rings (SSSR count).